The molecule has 0 aliphatic carbocycles. The van der Waals surface area contributed by atoms with Gasteiger partial charge in [-0.05, 0) is 12.5 Å². The maximum absolute atomic E-state index is 11.6. The van der Waals surface area contributed by atoms with Crippen molar-refractivity contribution < 1.29 is 9.53 Å². The normalized spacial score (nSPS) is 11.4. The Balaban J connectivity index is 2.77. The Hall–Kier alpha value is -2.02. The number of rotatable bonds is 6. The number of carbonyl (C=O) groups excluding carboxylic acids is 1. The molecule has 1 rings (SSSR count). The molecular formula is C14H18N2O2. The van der Waals surface area contributed by atoms with Gasteiger partial charge in [0.25, 0.3) is 0 Å². The smallest absolute Gasteiger partial charge is 0.221 e. The van der Waals surface area contributed by atoms with Crippen LogP contribution >= 0.6 is 0 Å². The van der Waals surface area contributed by atoms with E-state index in [0.717, 1.165) is 12.0 Å². The average molecular weight is 246 g/mol. The molecule has 1 aromatic rings. The third kappa shape index (κ3) is 3.77. The molecule has 0 fully saturated rings. The van der Waals surface area contributed by atoms with Gasteiger partial charge in [-0.1, -0.05) is 25.1 Å². The Labute approximate surface area is 108 Å². The molecule has 0 radical (unpaired) electrons. The first kappa shape index (κ1) is 14.0. The van der Waals surface area contributed by atoms with Crippen molar-refractivity contribution in [2.75, 3.05) is 13.7 Å². The van der Waals surface area contributed by atoms with Crippen LogP contribution in [0.15, 0.2) is 24.3 Å². The lowest BCUT2D eigenvalue weighted by atomic mass is 9.96. The highest BCUT2D eigenvalue weighted by Gasteiger charge is 2.18. The Morgan fingerprint density at radius 2 is 2.22 bits per heavy atom. The Bertz CT molecular complexity index is 438. The van der Waals surface area contributed by atoms with E-state index >= 15 is 0 Å². The average Bonchev–Trinajstić information content (AvgIpc) is 2.42. The molecule has 0 aromatic heterocycles. The van der Waals surface area contributed by atoms with Gasteiger partial charge in [-0.15, -0.1) is 0 Å². The third-order valence-electron chi connectivity index (χ3n) is 2.63. The molecule has 96 valence electrons. The summed E-state index contributed by atoms with van der Waals surface area (Å²) in [5, 5.41) is 12.0. The van der Waals surface area contributed by atoms with Crippen molar-refractivity contribution in [3.8, 4) is 11.8 Å². The van der Waals surface area contributed by atoms with Crippen LogP contribution in [-0.4, -0.2) is 19.6 Å². The van der Waals surface area contributed by atoms with Crippen LogP contribution in [0.4, 0.5) is 0 Å². The maximum Gasteiger partial charge on any atom is 0.221 e. The first-order chi connectivity index (χ1) is 8.72. The minimum absolute atomic E-state index is 0.102. The summed E-state index contributed by atoms with van der Waals surface area (Å²) in [6.07, 6.45) is 1.05. The highest BCUT2D eigenvalue weighted by Crippen LogP contribution is 2.28. The molecular weight excluding hydrogens is 228 g/mol. The van der Waals surface area contributed by atoms with Crippen LogP contribution in [-0.2, 0) is 4.79 Å². The number of nitrogens with one attached hydrogen (secondary N) is 1. The SMILES string of the molecule is CCCNC(=O)CC(C#N)c1ccccc1OC. The molecule has 0 spiro atoms. The number of methoxy groups -OCH3 is 1. The lowest BCUT2D eigenvalue weighted by molar-refractivity contribution is -0.121. The predicted octanol–water partition coefficient (Wildman–Crippen LogP) is 2.22. The molecule has 1 aromatic carbocycles. The minimum atomic E-state index is -0.474. The van der Waals surface area contributed by atoms with Gasteiger partial charge in [-0.3, -0.25) is 4.79 Å². The van der Waals surface area contributed by atoms with Gasteiger partial charge >= 0.3 is 0 Å². The zero-order valence-electron chi connectivity index (χ0n) is 10.8. The number of hydrogen-bond acceptors (Lipinski definition) is 3. The van der Waals surface area contributed by atoms with E-state index in [1.54, 1.807) is 13.2 Å². The fourth-order valence-electron chi connectivity index (χ4n) is 1.70. The third-order valence-corrected chi connectivity index (χ3v) is 2.63. The van der Waals surface area contributed by atoms with Gasteiger partial charge in [0.05, 0.1) is 19.1 Å². The van der Waals surface area contributed by atoms with E-state index in [9.17, 15) is 10.1 Å². The van der Waals surface area contributed by atoms with Crippen molar-refractivity contribution in [3.63, 3.8) is 0 Å². The number of para-hydroxylation sites is 1. The van der Waals surface area contributed by atoms with Crippen LogP contribution in [0.25, 0.3) is 0 Å². The Morgan fingerprint density at radius 3 is 2.83 bits per heavy atom. The van der Waals surface area contributed by atoms with Gasteiger partial charge in [-0.25, -0.2) is 0 Å². The minimum Gasteiger partial charge on any atom is -0.496 e. The molecule has 1 amide bonds. The first-order valence-electron chi connectivity index (χ1n) is 6.02. The van der Waals surface area contributed by atoms with Crippen LogP contribution in [0.5, 0.6) is 5.75 Å². The number of nitriles is 1. The van der Waals surface area contributed by atoms with Gasteiger partial charge in [0.1, 0.15) is 5.75 Å². The van der Waals surface area contributed by atoms with E-state index in [1.165, 1.54) is 0 Å². The topological polar surface area (TPSA) is 62.1 Å². The lowest BCUT2D eigenvalue weighted by Crippen LogP contribution is -2.25. The van der Waals surface area contributed by atoms with E-state index in [0.29, 0.717) is 12.3 Å². The number of benzene rings is 1. The number of carbonyl (C=O) groups is 1. The Kier molecular flexibility index (Phi) is 5.72. The van der Waals surface area contributed by atoms with Gasteiger partial charge < -0.3 is 10.1 Å². The maximum atomic E-state index is 11.6. The molecule has 18 heavy (non-hydrogen) atoms. The lowest BCUT2D eigenvalue weighted by Gasteiger charge is -2.13. The number of ether oxygens (including phenoxy) is 1. The zero-order chi connectivity index (χ0) is 13.4. The van der Waals surface area contributed by atoms with E-state index < -0.39 is 5.92 Å². The molecule has 0 heterocycles. The van der Waals surface area contributed by atoms with Crippen molar-refractivity contribution in [2.24, 2.45) is 0 Å². The van der Waals surface area contributed by atoms with Crippen LogP contribution in [0.2, 0.25) is 0 Å². The summed E-state index contributed by atoms with van der Waals surface area (Å²) >= 11 is 0. The second kappa shape index (κ2) is 7.33. The fraction of sp³-hybridized carbons (Fsp3) is 0.429. The predicted molar refractivity (Wildman–Crippen MR) is 69.3 cm³/mol. The van der Waals surface area contributed by atoms with Crippen LogP contribution < -0.4 is 10.1 Å². The highest BCUT2D eigenvalue weighted by molar-refractivity contribution is 5.77. The van der Waals surface area contributed by atoms with E-state index in [1.807, 2.05) is 25.1 Å². The Morgan fingerprint density at radius 1 is 1.50 bits per heavy atom. The van der Waals surface area contributed by atoms with Gasteiger partial charge in [0.2, 0.25) is 5.91 Å². The molecule has 1 atom stereocenters. The summed E-state index contributed by atoms with van der Waals surface area (Å²) < 4.78 is 5.21. The molecule has 4 heteroatoms. The van der Waals surface area contributed by atoms with E-state index in [-0.39, 0.29) is 12.3 Å². The molecule has 0 bridgehead atoms. The molecule has 0 aliphatic heterocycles. The highest BCUT2D eigenvalue weighted by atomic mass is 16.5. The van der Waals surface area contributed by atoms with Crippen LogP contribution in [0, 0.1) is 11.3 Å². The quantitative estimate of drug-likeness (QED) is 0.837. The standard InChI is InChI=1S/C14H18N2O2/c1-3-8-16-14(17)9-11(10-15)12-6-4-5-7-13(12)18-2/h4-7,11H,3,8-9H2,1-2H3,(H,16,17). The van der Waals surface area contributed by atoms with Crippen molar-refractivity contribution in [2.45, 2.75) is 25.7 Å². The largest absolute Gasteiger partial charge is 0.496 e. The summed E-state index contributed by atoms with van der Waals surface area (Å²) in [5.74, 6) is 0.0691. The number of nitrogens with zero attached hydrogens (tertiary/aromatic N) is 1. The summed E-state index contributed by atoms with van der Waals surface area (Å²) in [6.45, 7) is 2.63. The van der Waals surface area contributed by atoms with Crippen molar-refractivity contribution in [1.82, 2.24) is 5.32 Å². The molecule has 1 unspecified atom stereocenters. The fourth-order valence-corrected chi connectivity index (χ4v) is 1.70. The number of amides is 1. The molecule has 0 saturated heterocycles. The molecule has 0 saturated carbocycles. The number of hydrogen-bond donors (Lipinski definition) is 1. The molecule has 4 nitrogen and oxygen atoms in total. The van der Waals surface area contributed by atoms with Gasteiger partial charge in [0, 0.05) is 18.5 Å². The summed E-state index contributed by atoms with van der Waals surface area (Å²) in [7, 11) is 1.56. The van der Waals surface area contributed by atoms with E-state index in [2.05, 4.69) is 11.4 Å². The van der Waals surface area contributed by atoms with Crippen molar-refractivity contribution >= 4 is 5.91 Å². The van der Waals surface area contributed by atoms with E-state index in [4.69, 9.17) is 4.74 Å². The summed E-state index contributed by atoms with van der Waals surface area (Å²) in [5.41, 5.74) is 0.758. The van der Waals surface area contributed by atoms with Crippen LogP contribution in [0.1, 0.15) is 31.2 Å². The summed E-state index contributed by atoms with van der Waals surface area (Å²) in [4.78, 5) is 11.6. The van der Waals surface area contributed by atoms with Gasteiger partial charge in [-0.2, -0.15) is 5.26 Å². The van der Waals surface area contributed by atoms with Crippen molar-refractivity contribution in [3.05, 3.63) is 29.8 Å². The van der Waals surface area contributed by atoms with Crippen LogP contribution in [0.3, 0.4) is 0 Å². The van der Waals surface area contributed by atoms with Gasteiger partial charge in [0.15, 0.2) is 0 Å². The molecule has 1 N–H and O–H groups in total. The summed E-state index contributed by atoms with van der Waals surface area (Å²) in [6, 6.07) is 9.45. The first-order valence-corrected chi connectivity index (χ1v) is 6.02. The van der Waals surface area contributed by atoms with Crippen molar-refractivity contribution in [1.29, 1.82) is 5.26 Å². The second-order valence-corrected chi connectivity index (χ2v) is 3.98. The zero-order valence-corrected chi connectivity index (χ0v) is 10.8. The second-order valence-electron chi connectivity index (χ2n) is 3.98. The molecule has 0 aliphatic rings. The monoisotopic (exact) mass is 246 g/mol.